The molecule has 1 saturated heterocycles. The van der Waals surface area contributed by atoms with Gasteiger partial charge in [-0.3, -0.25) is 14.4 Å². The van der Waals surface area contributed by atoms with Gasteiger partial charge in [-0.25, -0.2) is 0 Å². The second-order valence-corrected chi connectivity index (χ2v) is 11.5. The molecule has 0 radical (unpaired) electrons. The second-order valence-electron chi connectivity index (χ2n) is 11.5. The normalized spacial score (nSPS) is 58.4. The molecule has 6 fully saturated rings. The molecule has 0 aromatic rings. The van der Waals surface area contributed by atoms with Crippen molar-refractivity contribution in [1.82, 2.24) is 0 Å². The fourth-order valence-electron chi connectivity index (χ4n) is 9.78. The molecule has 0 unspecified atom stereocenters. The van der Waals surface area contributed by atoms with Crippen molar-refractivity contribution < 1.29 is 24.2 Å². The first-order valence-electron chi connectivity index (χ1n) is 11.5. The number of hydrogen-bond acceptors (Lipinski definition) is 6. The summed E-state index contributed by atoms with van der Waals surface area (Å²) < 4.78 is 5.94. The Morgan fingerprint density at radius 3 is 2.53 bits per heavy atom. The molecule has 1 spiro atoms. The largest absolute Gasteiger partial charge is 0.458 e. The number of nitrogens with zero attached hydrogens (tertiary/aromatic N) is 1. The topological polar surface area (TPSA) is 104 Å². The van der Waals surface area contributed by atoms with Crippen LogP contribution in [-0.2, 0) is 19.1 Å². The molecule has 160 valence electrons. The molecule has 5 saturated carbocycles. The fourth-order valence-corrected chi connectivity index (χ4v) is 9.78. The van der Waals surface area contributed by atoms with Crippen molar-refractivity contribution in [2.75, 3.05) is 0 Å². The fraction of sp³-hybridized carbons (Fsp3) is 0.833. The minimum absolute atomic E-state index is 0.0484. The van der Waals surface area contributed by atoms with Crippen molar-refractivity contribution in [2.45, 2.75) is 76.9 Å². The number of carbonyl (C=O) groups excluding carboxylic acids is 3. The molecular weight excluding hydrogens is 382 g/mol. The molecule has 0 aromatic carbocycles. The Morgan fingerprint density at radius 2 is 1.87 bits per heavy atom. The van der Waals surface area contributed by atoms with E-state index in [2.05, 4.69) is 19.9 Å². The number of esters is 1. The minimum Gasteiger partial charge on any atom is -0.458 e. The Hall–Kier alpha value is -1.74. The predicted molar refractivity (Wildman–Crippen MR) is 103 cm³/mol. The monoisotopic (exact) mass is 411 g/mol. The summed E-state index contributed by atoms with van der Waals surface area (Å²) in [7, 11) is 0. The Morgan fingerprint density at radius 1 is 1.10 bits per heavy atom. The van der Waals surface area contributed by atoms with Gasteiger partial charge in [0.15, 0.2) is 0 Å². The Bertz CT molecular complexity index is 938. The average molecular weight is 411 g/mol. The molecular formula is C24H29NO5. The number of Topliss-reactive ketones (excluding diaryl/α,β-unsaturated/α-hetero) is 2. The van der Waals surface area contributed by atoms with Gasteiger partial charge >= 0.3 is 5.97 Å². The van der Waals surface area contributed by atoms with Gasteiger partial charge in [0.25, 0.3) is 0 Å². The lowest BCUT2D eigenvalue weighted by atomic mass is 9.29. The molecule has 1 aliphatic heterocycles. The van der Waals surface area contributed by atoms with Gasteiger partial charge in [0.1, 0.15) is 17.2 Å². The molecule has 0 amide bonds. The van der Waals surface area contributed by atoms with Gasteiger partial charge in [-0.1, -0.05) is 13.8 Å². The van der Waals surface area contributed by atoms with Gasteiger partial charge in [0.05, 0.1) is 23.5 Å². The lowest BCUT2D eigenvalue weighted by molar-refractivity contribution is -0.249. The molecule has 10 atom stereocenters. The van der Waals surface area contributed by atoms with Crippen LogP contribution in [0.1, 0.15) is 65.2 Å². The molecule has 0 aromatic heterocycles. The van der Waals surface area contributed by atoms with E-state index in [1.165, 1.54) is 0 Å². The van der Waals surface area contributed by atoms with Crippen molar-refractivity contribution in [2.24, 2.45) is 45.8 Å². The summed E-state index contributed by atoms with van der Waals surface area (Å²) in [6, 6.07) is 2.48. The first kappa shape index (κ1) is 19.0. The third-order valence-corrected chi connectivity index (χ3v) is 11.0. The van der Waals surface area contributed by atoms with E-state index in [1.807, 2.05) is 0 Å². The van der Waals surface area contributed by atoms with Crippen LogP contribution >= 0.6 is 0 Å². The molecule has 1 heterocycles. The van der Waals surface area contributed by atoms with Crippen LogP contribution in [-0.4, -0.2) is 34.3 Å². The molecule has 5 aliphatic carbocycles. The first-order valence-corrected chi connectivity index (χ1v) is 11.5. The number of aliphatic hydroxyl groups is 1. The maximum absolute atomic E-state index is 13.0. The van der Waals surface area contributed by atoms with Crippen LogP contribution in [0.25, 0.3) is 0 Å². The highest BCUT2D eigenvalue weighted by atomic mass is 16.6. The number of aliphatic hydroxyl groups excluding tert-OH is 1. The van der Waals surface area contributed by atoms with E-state index >= 15 is 0 Å². The van der Waals surface area contributed by atoms with Crippen LogP contribution in [0.5, 0.6) is 0 Å². The number of hydrogen-bond donors (Lipinski definition) is 1. The van der Waals surface area contributed by atoms with Gasteiger partial charge in [0.2, 0.25) is 0 Å². The van der Waals surface area contributed by atoms with E-state index in [4.69, 9.17) is 4.74 Å². The third kappa shape index (κ3) is 1.70. The molecule has 6 aliphatic rings. The van der Waals surface area contributed by atoms with E-state index in [-0.39, 0.29) is 40.7 Å². The predicted octanol–water partition coefficient (Wildman–Crippen LogP) is 2.57. The van der Waals surface area contributed by atoms with Crippen LogP contribution in [0.15, 0.2) is 0 Å². The Balaban J connectivity index is 1.46. The number of rotatable bonds is 0. The smallest absolute Gasteiger partial charge is 0.306 e. The maximum atomic E-state index is 13.0. The van der Waals surface area contributed by atoms with Crippen LogP contribution in [0, 0.1) is 57.2 Å². The third-order valence-electron chi connectivity index (χ3n) is 11.0. The summed E-state index contributed by atoms with van der Waals surface area (Å²) in [6.07, 6.45) is 4.30. The summed E-state index contributed by atoms with van der Waals surface area (Å²) in [5.41, 5.74) is -2.30. The van der Waals surface area contributed by atoms with Crippen molar-refractivity contribution in [3.05, 3.63) is 0 Å². The van der Waals surface area contributed by atoms with Gasteiger partial charge < -0.3 is 9.84 Å². The molecule has 6 rings (SSSR count). The highest BCUT2D eigenvalue weighted by Gasteiger charge is 2.81. The highest BCUT2D eigenvalue weighted by molar-refractivity contribution is 6.11. The zero-order valence-corrected chi connectivity index (χ0v) is 17.6. The number of nitriles is 1. The van der Waals surface area contributed by atoms with Gasteiger partial charge in [-0.05, 0) is 61.7 Å². The molecule has 1 N–H and O–H groups in total. The maximum Gasteiger partial charge on any atom is 0.306 e. The summed E-state index contributed by atoms with van der Waals surface area (Å²) in [4.78, 5) is 37.7. The Labute approximate surface area is 176 Å². The van der Waals surface area contributed by atoms with Crippen molar-refractivity contribution in [1.29, 1.82) is 5.26 Å². The highest BCUT2D eigenvalue weighted by Crippen LogP contribution is 2.77. The zero-order valence-electron chi connectivity index (χ0n) is 17.6. The van der Waals surface area contributed by atoms with Gasteiger partial charge in [-0.15, -0.1) is 0 Å². The van der Waals surface area contributed by atoms with Crippen LogP contribution in [0.2, 0.25) is 0 Å². The van der Waals surface area contributed by atoms with Crippen molar-refractivity contribution in [3.63, 3.8) is 0 Å². The summed E-state index contributed by atoms with van der Waals surface area (Å²) >= 11 is 0. The van der Waals surface area contributed by atoms with E-state index in [1.54, 1.807) is 0 Å². The summed E-state index contributed by atoms with van der Waals surface area (Å²) in [5, 5.41) is 21.8. The average Bonchev–Trinajstić information content (AvgIpc) is 3.21. The standard InChI is InChI=1S/C24H29NO5/c1-21-6-4-15(26)19-20(29)14(24(19,21)11-25)9-12-13-3-7-23(8-5-17(28)30-23)22(13,2)10-16(27)18(12)21/h12-14,16,18-19,27H,3-10H2,1-2H3/t12-,13+,14-,16+,18+,19+,21-,22-,23+,24+/m0/s1. The SMILES string of the molecule is C[C@]12C[C@@H](O)[C@H]3[C@@H](C[C@H]4C(=O)[C@H]5C(=O)CC[C@]3(C)[C@@]54C#N)[C@H]1CC[C@@]21CCC(=O)O1. The van der Waals surface area contributed by atoms with E-state index in [9.17, 15) is 24.8 Å². The summed E-state index contributed by atoms with van der Waals surface area (Å²) in [5.74, 6) is -1.19. The molecule has 6 nitrogen and oxygen atoms in total. The van der Waals surface area contributed by atoms with Crippen LogP contribution < -0.4 is 0 Å². The van der Waals surface area contributed by atoms with Gasteiger partial charge in [-0.2, -0.15) is 5.26 Å². The molecule has 30 heavy (non-hydrogen) atoms. The van der Waals surface area contributed by atoms with Crippen LogP contribution in [0.4, 0.5) is 0 Å². The molecule has 0 bridgehead atoms. The number of fused-ring (bicyclic) bond motifs is 5. The second kappa shape index (κ2) is 5.35. The summed E-state index contributed by atoms with van der Waals surface area (Å²) in [6.45, 7) is 4.24. The number of ether oxygens (including phenoxy) is 1. The number of carbonyl (C=O) groups is 3. The van der Waals surface area contributed by atoms with E-state index in [0.717, 1.165) is 12.8 Å². The van der Waals surface area contributed by atoms with E-state index in [0.29, 0.717) is 38.5 Å². The Kier molecular flexibility index (Phi) is 3.39. The molecule has 6 heteroatoms. The number of ketones is 2. The lowest BCUT2D eigenvalue weighted by Crippen LogP contribution is -2.76. The van der Waals surface area contributed by atoms with Crippen molar-refractivity contribution in [3.8, 4) is 6.07 Å². The lowest BCUT2D eigenvalue weighted by Gasteiger charge is -2.71. The first-order chi connectivity index (χ1) is 14.2. The van der Waals surface area contributed by atoms with Crippen molar-refractivity contribution >= 4 is 17.5 Å². The van der Waals surface area contributed by atoms with E-state index < -0.39 is 34.4 Å². The zero-order chi connectivity index (χ0) is 21.3. The van der Waals surface area contributed by atoms with Gasteiger partial charge in [0, 0.05) is 24.2 Å². The quantitative estimate of drug-likeness (QED) is 0.485. The van der Waals surface area contributed by atoms with Crippen LogP contribution in [0.3, 0.4) is 0 Å². The minimum atomic E-state index is -0.953.